The Balaban J connectivity index is 1.74. The second-order valence-corrected chi connectivity index (χ2v) is 8.28. The molecule has 1 atom stereocenters. The summed E-state index contributed by atoms with van der Waals surface area (Å²) in [6.45, 7) is 8.54. The van der Waals surface area contributed by atoms with Crippen molar-refractivity contribution in [3.8, 4) is 0 Å². The van der Waals surface area contributed by atoms with E-state index in [0.717, 1.165) is 25.1 Å². The Morgan fingerprint density at radius 1 is 1.35 bits per heavy atom. The maximum atomic E-state index is 12.5. The lowest BCUT2D eigenvalue weighted by Crippen LogP contribution is -2.61. The van der Waals surface area contributed by atoms with Crippen molar-refractivity contribution in [2.24, 2.45) is 0 Å². The zero-order valence-electron chi connectivity index (χ0n) is 15.5. The average molecular weight is 384 g/mol. The van der Waals surface area contributed by atoms with Crippen molar-refractivity contribution in [1.29, 1.82) is 0 Å². The minimum absolute atomic E-state index is 0.300. The fraction of sp³-hybridized carbons (Fsp3) is 0.706. The molecule has 1 unspecified atom stereocenters. The van der Waals surface area contributed by atoms with E-state index in [-0.39, 0.29) is 6.09 Å². The number of piperidine rings is 1. The molecule has 2 aliphatic rings. The Morgan fingerprint density at radius 2 is 2.12 bits per heavy atom. The van der Waals surface area contributed by atoms with Crippen molar-refractivity contribution < 1.29 is 14.3 Å². The summed E-state index contributed by atoms with van der Waals surface area (Å²) in [5.41, 5.74) is 5.77. The monoisotopic (exact) mass is 383 g/mol. The molecule has 0 saturated carbocycles. The van der Waals surface area contributed by atoms with Gasteiger partial charge in [0.25, 0.3) is 0 Å². The van der Waals surface area contributed by atoms with E-state index >= 15 is 0 Å². The normalized spacial score (nSPS) is 24.0. The number of hydrogen-bond donors (Lipinski definition) is 1. The molecule has 1 amide bonds. The van der Waals surface area contributed by atoms with Gasteiger partial charge in [-0.05, 0) is 33.6 Å². The van der Waals surface area contributed by atoms with Crippen LogP contribution in [0.15, 0.2) is 6.07 Å². The van der Waals surface area contributed by atoms with Crippen LogP contribution in [0.5, 0.6) is 0 Å². The van der Waals surface area contributed by atoms with E-state index in [1.54, 1.807) is 11.0 Å². The molecular formula is C17H26ClN5O3. The topological polar surface area (TPSA) is 93.8 Å². The van der Waals surface area contributed by atoms with E-state index in [1.807, 2.05) is 20.8 Å². The molecule has 2 saturated heterocycles. The molecule has 3 heterocycles. The number of rotatable bonds is 1. The standard InChI is InChI=1S/C17H26ClN5O3/c1-16(2,3)26-15(24)23-7-8-25-17(11-23)5-4-6-22(10-17)12-9-13(18)20-21-14(12)19/h9H,4-8,10-11H2,1-3H3,(H2,19,21). The first kappa shape index (κ1) is 19.0. The minimum Gasteiger partial charge on any atom is -0.444 e. The lowest BCUT2D eigenvalue weighted by atomic mass is 9.90. The number of carbonyl (C=O) groups excluding carboxylic acids is 1. The predicted octanol–water partition coefficient (Wildman–Crippen LogP) is 2.32. The van der Waals surface area contributed by atoms with Crippen molar-refractivity contribution in [3.05, 3.63) is 11.2 Å². The van der Waals surface area contributed by atoms with Gasteiger partial charge in [-0.3, -0.25) is 0 Å². The molecule has 26 heavy (non-hydrogen) atoms. The molecule has 0 radical (unpaired) electrons. The Kier molecular flexibility index (Phi) is 5.16. The molecule has 1 spiro atoms. The van der Waals surface area contributed by atoms with Gasteiger partial charge in [-0.1, -0.05) is 11.6 Å². The average Bonchev–Trinajstić information content (AvgIpc) is 2.55. The van der Waals surface area contributed by atoms with Crippen molar-refractivity contribution in [3.63, 3.8) is 0 Å². The molecule has 0 bridgehead atoms. The van der Waals surface area contributed by atoms with E-state index in [2.05, 4.69) is 15.1 Å². The van der Waals surface area contributed by atoms with Gasteiger partial charge in [0.1, 0.15) is 11.2 Å². The van der Waals surface area contributed by atoms with E-state index in [1.165, 1.54) is 0 Å². The number of amides is 1. The van der Waals surface area contributed by atoms with Crippen molar-refractivity contribution in [1.82, 2.24) is 15.1 Å². The highest BCUT2D eigenvalue weighted by Crippen LogP contribution is 2.34. The minimum atomic E-state index is -0.519. The maximum absolute atomic E-state index is 12.5. The molecule has 2 fully saturated rings. The fourth-order valence-corrected chi connectivity index (χ4v) is 3.64. The third kappa shape index (κ3) is 4.29. The Hall–Kier alpha value is -1.80. The smallest absolute Gasteiger partial charge is 0.410 e. The second kappa shape index (κ2) is 7.08. The quantitative estimate of drug-likeness (QED) is 0.795. The van der Waals surface area contributed by atoms with Crippen LogP contribution in [-0.2, 0) is 9.47 Å². The van der Waals surface area contributed by atoms with Crippen LogP contribution in [0.2, 0.25) is 5.15 Å². The lowest BCUT2D eigenvalue weighted by molar-refractivity contribution is -0.113. The molecule has 1 aromatic rings. The summed E-state index contributed by atoms with van der Waals surface area (Å²) in [4.78, 5) is 16.3. The largest absolute Gasteiger partial charge is 0.444 e. The number of carbonyl (C=O) groups is 1. The van der Waals surface area contributed by atoms with Gasteiger partial charge in [-0.15, -0.1) is 10.2 Å². The molecule has 144 valence electrons. The maximum Gasteiger partial charge on any atom is 0.410 e. The van der Waals surface area contributed by atoms with Crippen LogP contribution in [-0.4, -0.2) is 65.2 Å². The van der Waals surface area contributed by atoms with Crippen LogP contribution in [0.3, 0.4) is 0 Å². The van der Waals surface area contributed by atoms with Gasteiger partial charge in [-0.2, -0.15) is 0 Å². The summed E-state index contributed by atoms with van der Waals surface area (Å²) >= 11 is 5.98. The summed E-state index contributed by atoms with van der Waals surface area (Å²) in [6, 6.07) is 1.72. The summed E-state index contributed by atoms with van der Waals surface area (Å²) in [6.07, 6.45) is 1.49. The number of nitrogens with two attached hydrogens (primary N) is 1. The highest BCUT2D eigenvalue weighted by atomic mass is 35.5. The third-order valence-corrected chi connectivity index (χ3v) is 4.74. The number of hydrogen-bond acceptors (Lipinski definition) is 7. The third-order valence-electron chi connectivity index (χ3n) is 4.55. The molecule has 9 heteroatoms. The summed E-state index contributed by atoms with van der Waals surface area (Å²) < 4.78 is 11.7. The van der Waals surface area contributed by atoms with E-state index in [4.69, 9.17) is 26.8 Å². The molecule has 8 nitrogen and oxygen atoms in total. The van der Waals surface area contributed by atoms with Crippen LogP contribution < -0.4 is 10.6 Å². The molecular weight excluding hydrogens is 358 g/mol. The molecule has 1 aromatic heterocycles. The lowest BCUT2D eigenvalue weighted by Gasteiger charge is -2.48. The fourth-order valence-electron chi connectivity index (χ4n) is 3.50. The first-order chi connectivity index (χ1) is 12.2. The summed E-state index contributed by atoms with van der Waals surface area (Å²) in [7, 11) is 0. The number of aromatic nitrogens is 2. The number of morpholine rings is 1. The second-order valence-electron chi connectivity index (χ2n) is 7.90. The van der Waals surface area contributed by atoms with Gasteiger partial charge >= 0.3 is 6.09 Å². The summed E-state index contributed by atoms with van der Waals surface area (Å²) in [5.74, 6) is 0.339. The van der Waals surface area contributed by atoms with Crippen molar-refractivity contribution in [2.45, 2.75) is 44.8 Å². The molecule has 3 rings (SSSR count). The van der Waals surface area contributed by atoms with Crippen molar-refractivity contribution >= 4 is 29.2 Å². The zero-order valence-corrected chi connectivity index (χ0v) is 16.3. The van der Waals surface area contributed by atoms with Crippen LogP contribution in [0.25, 0.3) is 0 Å². The van der Waals surface area contributed by atoms with E-state index in [9.17, 15) is 4.79 Å². The van der Waals surface area contributed by atoms with Gasteiger partial charge in [0.2, 0.25) is 0 Å². The SMILES string of the molecule is CC(C)(C)OC(=O)N1CCOC2(CCCN(c3cc(Cl)nnc3N)C2)C1. The first-order valence-electron chi connectivity index (χ1n) is 8.83. The van der Waals surface area contributed by atoms with Gasteiger partial charge < -0.3 is 25.0 Å². The number of nitrogens with zero attached hydrogens (tertiary/aromatic N) is 4. The van der Waals surface area contributed by atoms with Gasteiger partial charge in [0.05, 0.1) is 18.8 Å². The van der Waals surface area contributed by atoms with Crippen LogP contribution >= 0.6 is 11.6 Å². The molecule has 2 N–H and O–H groups in total. The molecule has 0 aliphatic carbocycles. The Bertz CT molecular complexity index is 677. The van der Waals surface area contributed by atoms with E-state index in [0.29, 0.717) is 37.2 Å². The van der Waals surface area contributed by atoms with Gasteiger partial charge in [0.15, 0.2) is 11.0 Å². The van der Waals surface area contributed by atoms with Crippen LogP contribution in [0.1, 0.15) is 33.6 Å². The van der Waals surface area contributed by atoms with Gasteiger partial charge in [0, 0.05) is 25.7 Å². The summed E-state index contributed by atoms with van der Waals surface area (Å²) in [5, 5.41) is 7.97. The predicted molar refractivity (Wildman–Crippen MR) is 99.4 cm³/mol. The highest BCUT2D eigenvalue weighted by molar-refractivity contribution is 6.29. The van der Waals surface area contributed by atoms with E-state index < -0.39 is 11.2 Å². The number of halogens is 1. The highest BCUT2D eigenvalue weighted by Gasteiger charge is 2.43. The Labute approximate surface area is 158 Å². The van der Waals surface area contributed by atoms with Gasteiger partial charge in [-0.25, -0.2) is 4.79 Å². The first-order valence-corrected chi connectivity index (χ1v) is 9.21. The van der Waals surface area contributed by atoms with Crippen molar-refractivity contribution in [2.75, 3.05) is 43.4 Å². The van der Waals surface area contributed by atoms with Crippen LogP contribution in [0, 0.1) is 0 Å². The van der Waals surface area contributed by atoms with Crippen LogP contribution in [0.4, 0.5) is 16.3 Å². The number of nitrogen functional groups attached to an aromatic ring is 1. The Morgan fingerprint density at radius 3 is 2.85 bits per heavy atom. The zero-order chi connectivity index (χ0) is 18.9. The number of ether oxygens (including phenoxy) is 2. The molecule has 0 aromatic carbocycles. The number of anilines is 2. The molecule has 2 aliphatic heterocycles.